The highest BCUT2D eigenvalue weighted by atomic mass is 16.7. The molecular formula is C72H125NO13. The minimum Gasteiger partial charge on any atom is -0.394 e. The topological polar surface area (TPSA) is 228 Å². The number of carbonyl (C=O) groups is 1. The van der Waals surface area contributed by atoms with Crippen molar-refractivity contribution >= 4 is 5.91 Å². The van der Waals surface area contributed by atoms with Gasteiger partial charge in [-0.2, -0.15) is 0 Å². The molecule has 2 fully saturated rings. The minimum absolute atomic E-state index is 0.241. The maximum absolute atomic E-state index is 13.3. The van der Waals surface area contributed by atoms with Crippen molar-refractivity contribution in [3.63, 3.8) is 0 Å². The number of aliphatic hydroxyl groups is 8. The Labute approximate surface area is 522 Å². The van der Waals surface area contributed by atoms with Crippen LogP contribution < -0.4 is 5.32 Å². The molecule has 0 saturated carbocycles. The highest BCUT2D eigenvalue weighted by Crippen LogP contribution is 2.30. The Morgan fingerprint density at radius 1 is 0.430 bits per heavy atom. The third-order valence-corrected chi connectivity index (χ3v) is 16.3. The van der Waals surface area contributed by atoms with E-state index in [0.29, 0.717) is 6.42 Å². The largest absolute Gasteiger partial charge is 0.394 e. The molecule has 2 saturated heterocycles. The Kier molecular flexibility index (Phi) is 51.4. The van der Waals surface area contributed by atoms with Gasteiger partial charge in [-0.25, -0.2) is 0 Å². The quantitative estimate of drug-likeness (QED) is 0.0204. The van der Waals surface area contributed by atoms with Crippen LogP contribution >= 0.6 is 0 Å². The van der Waals surface area contributed by atoms with E-state index < -0.39 is 86.8 Å². The molecule has 0 aromatic heterocycles. The van der Waals surface area contributed by atoms with Crippen LogP contribution in [0.15, 0.2) is 97.2 Å². The average Bonchev–Trinajstić information content (AvgIpc) is 1.83. The van der Waals surface area contributed by atoms with Crippen LogP contribution in [0, 0.1) is 0 Å². The molecule has 14 heteroatoms. The van der Waals surface area contributed by atoms with E-state index in [4.69, 9.17) is 18.9 Å². The van der Waals surface area contributed by atoms with E-state index in [9.17, 15) is 45.6 Å². The highest BCUT2D eigenvalue weighted by Gasteiger charge is 2.51. The van der Waals surface area contributed by atoms with Gasteiger partial charge in [-0.15, -0.1) is 0 Å². The first kappa shape index (κ1) is 79.0. The van der Waals surface area contributed by atoms with Crippen molar-refractivity contribution < 1.29 is 64.6 Å². The van der Waals surface area contributed by atoms with Crippen LogP contribution in [0.2, 0.25) is 0 Å². The molecular weight excluding hydrogens is 1090 g/mol. The lowest BCUT2D eigenvalue weighted by atomic mass is 9.97. The fourth-order valence-corrected chi connectivity index (χ4v) is 10.8. The first-order valence-corrected chi connectivity index (χ1v) is 34.5. The number of aliphatic hydroxyl groups excluding tert-OH is 8. The van der Waals surface area contributed by atoms with Gasteiger partial charge in [-0.1, -0.05) is 272 Å². The van der Waals surface area contributed by atoms with E-state index in [1.165, 1.54) is 148 Å². The summed E-state index contributed by atoms with van der Waals surface area (Å²) in [4.78, 5) is 13.3. The average molecular weight is 1210 g/mol. The predicted octanol–water partition coefficient (Wildman–Crippen LogP) is 13.8. The molecule has 0 bridgehead atoms. The summed E-state index contributed by atoms with van der Waals surface area (Å²) in [5.41, 5.74) is 0. The number of amides is 1. The molecule has 0 aliphatic carbocycles. The van der Waals surface area contributed by atoms with Gasteiger partial charge in [-0.3, -0.25) is 4.79 Å². The molecule has 12 unspecified atom stereocenters. The fraction of sp³-hybridized carbons (Fsp3) is 0.764. The zero-order valence-corrected chi connectivity index (χ0v) is 53.8. The maximum Gasteiger partial charge on any atom is 0.220 e. The molecule has 2 aliphatic rings. The van der Waals surface area contributed by atoms with Crippen molar-refractivity contribution in [1.29, 1.82) is 0 Å². The summed E-state index contributed by atoms with van der Waals surface area (Å²) in [5, 5.41) is 87.3. The predicted molar refractivity (Wildman–Crippen MR) is 350 cm³/mol. The van der Waals surface area contributed by atoms with Gasteiger partial charge in [0, 0.05) is 6.42 Å². The van der Waals surface area contributed by atoms with Crippen molar-refractivity contribution in [1.82, 2.24) is 5.32 Å². The summed E-state index contributed by atoms with van der Waals surface area (Å²) in [5.74, 6) is -0.241. The lowest BCUT2D eigenvalue weighted by molar-refractivity contribution is -0.359. The Morgan fingerprint density at radius 2 is 0.802 bits per heavy atom. The number of allylic oxidation sites excluding steroid dienone is 15. The fourth-order valence-electron chi connectivity index (χ4n) is 10.8. The normalized spacial score (nSPS) is 24.0. The number of ether oxygens (including phenoxy) is 4. The molecule has 0 aromatic carbocycles. The first-order valence-electron chi connectivity index (χ1n) is 34.5. The van der Waals surface area contributed by atoms with Crippen LogP contribution in [0.25, 0.3) is 0 Å². The van der Waals surface area contributed by atoms with E-state index >= 15 is 0 Å². The summed E-state index contributed by atoms with van der Waals surface area (Å²) in [6, 6.07) is -0.919. The van der Waals surface area contributed by atoms with E-state index in [2.05, 4.69) is 104 Å². The Balaban J connectivity index is 1.62. The first-order chi connectivity index (χ1) is 42.1. The number of carbonyl (C=O) groups excluding carboxylic acids is 1. The van der Waals surface area contributed by atoms with Crippen molar-refractivity contribution in [2.75, 3.05) is 19.8 Å². The second kappa shape index (κ2) is 55.9. The minimum atomic E-state index is -1.79. The van der Waals surface area contributed by atoms with Crippen LogP contribution in [-0.4, -0.2) is 140 Å². The zero-order valence-electron chi connectivity index (χ0n) is 53.8. The summed E-state index contributed by atoms with van der Waals surface area (Å²) >= 11 is 0. The van der Waals surface area contributed by atoms with Gasteiger partial charge in [0.2, 0.25) is 5.91 Å². The Hall–Kier alpha value is -3.09. The van der Waals surface area contributed by atoms with E-state index in [1.54, 1.807) is 6.08 Å². The molecule has 496 valence electrons. The number of hydrogen-bond donors (Lipinski definition) is 9. The number of nitrogens with one attached hydrogen (secondary N) is 1. The van der Waals surface area contributed by atoms with Gasteiger partial charge in [0.15, 0.2) is 12.6 Å². The van der Waals surface area contributed by atoms with Crippen molar-refractivity contribution in [2.24, 2.45) is 0 Å². The van der Waals surface area contributed by atoms with Crippen LogP contribution in [0.5, 0.6) is 0 Å². The van der Waals surface area contributed by atoms with Crippen LogP contribution in [0.1, 0.15) is 258 Å². The smallest absolute Gasteiger partial charge is 0.220 e. The maximum atomic E-state index is 13.3. The van der Waals surface area contributed by atoms with E-state index in [0.717, 1.165) is 83.5 Å². The van der Waals surface area contributed by atoms with Gasteiger partial charge in [0.25, 0.3) is 0 Å². The van der Waals surface area contributed by atoms with Gasteiger partial charge in [0.1, 0.15) is 48.8 Å². The van der Waals surface area contributed by atoms with E-state index in [1.807, 2.05) is 6.08 Å². The van der Waals surface area contributed by atoms with Crippen LogP contribution in [0.4, 0.5) is 0 Å². The molecule has 2 rings (SSSR count). The second-order valence-electron chi connectivity index (χ2n) is 23.9. The Bertz CT molecular complexity index is 1810. The third kappa shape index (κ3) is 39.8. The number of hydrogen-bond acceptors (Lipinski definition) is 13. The molecule has 86 heavy (non-hydrogen) atoms. The molecule has 0 aromatic rings. The molecule has 0 spiro atoms. The third-order valence-electron chi connectivity index (χ3n) is 16.3. The highest BCUT2D eigenvalue weighted by molar-refractivity contribution is 5.76. The standard InChI is InChI=1S/C72H125NO13/c1-3-5-7-9-11-13-15-17-19-20-21-22-23-24-25-26-27-28-29-30-31-32-33-34-35-36-37-38-39-40-42-44-46-48-50-52-54-56-64(77)73-60(61(76)55-53-51-49-47-45-43-41-18-16-14-12-10-8-6-4-2)59-83-71-69(82)67(80)70(63(58-75)85-71)86-72-68(81)66(79)65(78)62(57-74)84-72/h5,7,11,13,17,19,21-22,24-25,27-28,30-31,53,55,60-63,65-72,74-76,78-82H,3-4,6,8-10,12,14-16,18,20,23,26,29,32-52,54,56-59H2,1-2H3,(H,73,77)/b7-5-,13-11-,19-17-,22-21-,25-24-,28-27-,31-30-,55-53+. The number of rotatable bonds is 55. The summed E-state index contributed by atoms with van der Waals surface area (Å²) in [7, 11) is 0. The molecule has 2 aliphatic heterocycles. The molecule has 12 atom stereocenters. The summed E-state index contributed by atoms with van der Waals surface area (Å²) < 4.78 is 22.8. The van der Waals surface area contributed by atoms with E-state index in [-0.39, 0.29) is 18.9 Å². The van der Waals surface area contributed by atoms with Crippen molar-refractivity contribution in [3.8, 4) is 0 Å². The Morgan fingerprint density at radius 3 is 1.23 bits per heavy atom. The van der Waals surface area contributed by atoms with Gasteiger partial charge in [-0.05, 0) is 77.0 Å². The summed E-state index contributed by atoms with van der Waals surface area (Å²) in [6.07, 6.45) is 61.7. The van der Waals surface area contributed by atoms with Crippen molar-refractivity contribution in [3.05, 3.63) is 97.2 Å². The molecule has 2 heterocycles. The molecule has 1 amide bonds. The van der Waals surface area contributed by atoms with Crippen LogP contribution in [-0.2, 0) is 23.7 Å². The number of unbranched alkanes of at least 4 members (excludes halogenated alkanes) is 28. The van der Waals surface area contributed by atoms with Gasteiger partial charge >= 0.3 is 0 Å². The van der Waals surface area contributed by atoms with Gasteiger partial charge in [0.05, 0.1) is 32.0 Å². The SMILES string of the molecule is CC/C=C\C/C=C\C/C=C\C/C=C\C/C=C\C/C=C\C/C=C\CCCCCCCCCCCCCCCCCC(=O)NC(COC1OC(CO)C(OC2OC(CO)C(O)C(O)C2O)C(O)C1O)C(O)/C=C/CCCCCCCCCCCCCCC. The zero-order chi connectivity index (χ0) is 62.3. The lowest BCUT2D eigenvalue weighted by Gasteiger charge is -2.46. The lowest BCUT2D eigenvalue weighted by Crippen LogP contribution is -2.65. The second-order valence-corrected chi connectivity index (χ2v) is 23.9. The molecule has 14 nitrogen and oxygen atoms in total. The molecule has 0 radical (unpaired) electrons. The van der Waals surface area contributed by atoms with Crippen LogP contribution in [0.3, 0.4) is 0 Å². The van der Waals surface area contributed by atoms with Crippen molar-refractivity contribution in [2.45, 2.75) is 331 Å². The summed E-state index contributed by atoms with van der Waals surface area (Å²) in [6.45, 7) is 2.69. The van der Waals surface area contributed by atoms with Gasteiger partial charge < -0.3 is 65.1 Å². The molecule has 9 N–H and O–H groups in total. The monoisotopic (exact) mass is 1210 g/mol.